The van der Waals surface area contributed by atoms with E-state index in [0.29, 0.717) is 25.4 Å². The molecule has 23 heavy (non-hydrogen) atoms. The zero-order valence-corrected chi connectivity index (χ0v) is 13.6. The number of hydrogen-bond acceptors (Lipinski definition) is 6. The minimum atomic E-state index is -0.209. The second-order valence-electron chi connectivity index (χ2n) is 6.26. The zero-order valence-electron chi connectivity index (χ0n) is 13.6. The van der Waals surface area contributed by atoms with E-state index in [1.54, 1.807) is 11.8 Å². The molecule has 0 unspecified atom stereocenters. The number of hydrogen-bond donors (Lipinski definition) is 0. The topological polar surface area (TPSA) is 85.5 Å². The van der Waals surface area contributed by atoms with E-state index in [-0.39, 0.29) is 41.2 Å². The lowest BCUT2D eigenvalue weighted by molar-refractivity contribution is -0.152. The molecule has 0 radical (unpaired) electrons. The molecule has 3 rings (SSSR count). The molecule has 0 spiro atoms. The van der Waals surface area contributed by atoms with Gasteiger partial charge in [0, 0.05) is 13.1 Å². The first-order valence-corrected chi connectivity index (χ1v) is 7.96. The van der Waals surface area contributed by atoms with Gasteiger partial charge in [-0.25, -0.2) is 4.63 Å². The standard InChI is InChI=1S/C16H21N3O4/c1-4-22-16(21)13-9(2)5-6-11-7-19(8-12(11)13)15(20)14-10(3)17-23-18-14/h5-6,9,11-13H,4,7-8H2,1-3H3/t9-,11-,12-,13-/m0/s1. The molecular formula is C16H21N3O4. The van der Waals surface area contributed by atoms with Crippen LogP contribution < -0.4 is 0 Å². The van der Waals surface area contributed by atoms with E-state index in [2.05, 4.69) is 27.1 Å². The molecule has 1 aliphatic heterocycles. The minimum absolute atomic E-state index is 0.0816. The van der Waals surface area contributed by atoms with Crippen LogP contribution in [0.1, 0.15) is 30.0 Å². The van der Waals surface area contributed by atoms with Crippen molar-refractivity contribution >= 4 is 11.9 Å². The van der Waals surface area contributed by atoms with Crippen LogP contribution in [-0.2, 0) is 9.53 Å². The molecule has 1 saturated heterocycles. The molecule has 2 heterocycles. The fourth-order valence-electron chi connectivity index (χ4n) is 3.63. The number of fused-ring (bicyclic) bond motifs is 1. The minimum Gasteiger partial charge on any atom is -0.466 e. The van der Waals surface area contributed by atoms with Crippen LogP contribution in [0.25, 0.3) is 0 Å². The number of ether oxygens (including phenoxy) is 1. The van der Waals surface area contributed by atoms with Gasteiger partial charge in [-0.3, -0.25) is 9.59 Å². The molecule has 0 aromatic carbocycles. The Bertz CT molecular complexity index is 639. The summed E-state index contributed by atoms with van der Waals surface area (Å²) in [6.45, 7) is 6.99. The predicted octanol–water partition coefficient (Wildman–Crippen LogP) is 1.45. The van der Waals surface area contributed by atoms with Crippen molar-refractivity contribution in [2.45, 2.75) is 20.8 Å². The van der Waals surface area contributed by atoms with Gasteiger partial charge in [-0.2, -0.15) is 0 Å². The fraction of sp³-hybridized carbons (Fsp3) is 0.625. The number of nitrogens with zero attached hydrogens (tertiary/aromatic N) is 3. The molecule has 0 saturated carbocycles. The predicted molar refractivity (Wildman–Crippen MR) is 80.3 cm³/mol. The summed E-state index contributed by atoms with van der Waals surface area (Å²) in [4.78, 5) is 26.6. The van der Waals surface area contributed by atoms with Crippen LogP contribution in [0.4, 0.5) is 0 Å². The van der Waals surface area contributed by atoms with Crippen LogP contribution in [0.3, 0.4) is 0 Å². The number of aromatic nitrogens is 2. The number of rotatable bonds is 3. The Balaban J connectivity index is 1.79. The van der Waals surface area contributed by atoms with Gasteiger partial charge in [0.1, 0.15) is 5.69 Å². The first-order chi connectivity index (χ1) is 11.0. The molecule has 124 valence electrons. The van der Waals surface area contributed by atoms with Gasteiger partial charge >= 0.3 is 5.97 Å². The van der Waals surface area contributed by atoms with Gasteiger partial charge in [-0.05, 0) is 36.8 Å². The Morgan fingerprint density at radius 2 is 2.13 bits per heavy atom. The monoisotopic (exact) mass is 319 g/mol. The lowest BCUT2D eigenvalue weighted by Gasteiger charge is -2.31. The maximum Gasteiger partial charge on any atom is 0.309 e. The van der Waals surface area contributed by atoms with Crippen molar-refractivity contribution in [2.75, 3.05) is 19.7 Å². The molecule has 1 aliphatic carbocycles. The summed E-state index contributed by atoms with van der Waals surface area (Å²) in [6.07, 6.45) is 4.17. The molecule has 1 aromatic rings. The SMILES string of the molecule is CCOC(=O)[C@@H]1[C@H]2CN(C(=O)c3nonc3C)C[C@@H]2C=C[C@@H]1C. The second-order valence-corrected chi connectivity index (χ2v) is 6.26. The zero-order chi connectivity index (χ0) is 16.6. The normalized spacial score (nSPS) is 29.4. The summed E-state index contributed by atoms with van der Waals surface area (Å²) in [5.74, 6) is -0.210. The average molecular weight is 319 g/mol. The van der Waals surface area contributed by atoms with E-state index in [4.69, 9.17) is 4.74 Å². The Morgan fingerprint density at radius 1 is 1.35 bits per heavy atom. The maximum atomic E-state index is 12.6. The lowest BCUT2D eigenvalue weighted by atomic mass is 9.72. The van der Waals surface area contributed by atoms with Gasteiger partial charge in [0.05, 0.1) is 12.5 Å². The van der Waals surface area contributed by atoms with Crippen LogP contribution in [0.15, 0.2) is 16.8 Å². The molecule has 1 aromatic heterocycles. The molecule has 0 N–H and O–H groups in total. The Hall–Kier alpha value is -2.18. The van der Waals surface area contributed by atoms with E-state index in [1.165, 1.54) is 0 Å². The lowest BCUT2D eigenvalue weighted by Crippen LogP contribution is -2.37. The summed E-state index contributed by atoms with van der Waals surface area (Å²) in [7, 11) is 0. The number of aryl methyl sites for hydroxylation is 1. The molecule has 1 amide bonds. The highest BCUT2D eigenvalue weighted by Gasteiger charge is 2.46. The van der Waals surface area contributed by atoms with Gasteiger partial charge in [-0.1, -0.05) is 24.2 Å². The van der Waals surface area contributed by atoms with Crippen LogP contribution in [0.5, 0.6) is 0 Å². The van der Waals surface area contributed by atoms with Crippen molar-refractivity contribution in [3.63, 3.8) is 0 Å². The number of allylic oxidation sites excluding steroid dienone is 1. The number of carbonyl (C=O) groups is 2. The second kappa shape index (κ2) is 6.14. The highest BCUT2D eigenvalue weighted by molar-refractivity contribution is 5.93. The van der Waals surface area contributed by atoms with Crippen molar-refractivity contribution in [1.29, 1.82) is 0 Å². The van der Waals surface area contributed by atoms with Crippen molar-refractivity contribution in [3.05, 3.63) is 23.5 Å². The quantitative estimate of drug-likeness (QED) is 0.619. The Kier molecular flexibility index (Phi) is 4.19. The smallest absolute Gasteiger partial charge is 0.309 e. The van der Waals surface area contributed by atoms with Crippen LogP contribution >= 0.6 is 0 Å². The molecule has 7 nitrogen and oxygen atoms in total. The third kappa shape index (κ3) is 2.75. The van der Waals surface area contributed by atoms with Gasteiger partial charge in [0.15, 0.2) is 5.69 Å². The molecule has 7 heteroatoms. The highest BCUT2D eigenvalue weighted by Crippen LogP contribution is 2.40. The summed E-state index contributed by atoms with van der Waals surface area (Å²) in [5, 5.41) is 7.35. The molecular weight excluding hydrogens is 298 g/mol. The van der Waals surface area contributed by atoms with Crippen molar-refractivity contribution < 1.29 is 19.0 Å². The van der Waals surface area contributed by atoms with E-state index in [9.17, 15) is 9.59 Å². The maximum absolute atomic E-state index is 12.6. The molecule has 2 aliphatic rings. The molecule has 1 fully saturated rings. The van der Waals surface area contributed by atoms with Crippen LogP contribution in [0.2, 0.25) is 0 Å². The summed E-state index contributed by atoms with van der Waals surface area (Å²) in [6, 6.07) is 0. The van der Waals surface area contributed by atoms with Crippen LogP contribution in [-0.4, -0.2) is 46.8 Å². The third-order valence-corrected chi connectivity index (χ3v) is 4.80. The van der Waals surface area contributed by atoms with Gasteiger partial charge < -0.3 is 9.64 Å². The number of carbonyl (C=O) groups excluding carboxylic acids is 2. The van der Waals surface area contributed by atoms with E-state index in [1.807, 2.05) is 13.8 Å². The average Bonchev–Trinajstić information content (AvgIpc) is 3.12. The van der Waals surface area contributed by atoms with Gasteiger partial charge in [0.2, 0.25) is 0 Å². The fourth-order valence-corrected chi connectivity index (χ4v) is 3.63. The van der Waals surface area contributed by atoms with Crippen molar-refractivity contribution in [2.24, 2.45) is 23.7 Å². The first-order valence-electron chi connectivity index (χ1n) is 7.96. The first kappa shape index (κ1) is 15.7. The largest absolute Gasteiger partial charge is 0.466 e. The molecule has 4 atom stereocenters. The summed E-state index contributed by atoms with van der Waals surface area (Å²) in [5.41, 5.74) is 0.726. The van der Waals surface area contributed by atoms with Crippen LogP contribution in [0, 0.1) is 30.6 Å². The molecule has 0 bridgehead atoms. The number of esters is 1. The summed E-state index contributed by atoms with van der Waals surface area (Å²) >= 11 is 0. The number of amides is 1. The summed E-state index contributed by atoms with van der Waals surface area (Å²) < 4.78 is 9.85. The Morgan fingerprint density at radius 3 is 2.78 bits per heavy atom. The van der Waals surface area contributed by atoms with Crippen molar-refractivity contribution in [1.82, 2.24) is 15.2 Å². The van der Waals surface area contributed by atoms with E-state index >= 15 is 0 Å². The Labute approximate surface area is 134 Å². The van der Waals surface area contributed by atoms with Gasteiger partial charge in [-0.15, -0.1) is 0 Å². The van der Waals surface area contributed by atoms with Crippen molar-refractivity contribution in [3.8, 4) is 0 Å². The van der Waals surface area contributed by atoms with Gasteiger partial charge in [0.25, 0.3) is 5.91 Å². The number of likely N-dealkylation sites (tertiary alicyclic amines) is 1. The highest BCUT2D eigenvalue weighted by atomic mass is 16.6. The van der Waals surface area contributed by atoms with E-state index < -0.39 is 0 Å². The third-order valence-electron chi connectivity index (χ3n) is 4.80. The van der Waals surface area contributed by atoms with E-state index in [0.717, 1.165) is 0 Å².